The van der Waals surface area contributed by atoms with Crippen LogP contribution in [0.3, 0.4) is 0 Å². The molecule has 1 atom stereocenters. The lowest BCUT2D eigenvalue weighted by Crippen LogP contribution is -2.38. The van der Waals surface area contributed by atoms with Crippen molar-refractivity contribution in [2.24, 2.45) is 5.92 Å². The van der Waals surface area contributed by atoms with Gasteiger partial charge in [-0.2, -0.15) is 0 Å². The van der Waals surface area contributed by atoms with Crippen molar-refractivity contribution < 1.29 is 9.90 Å². The Labute approximate surface area is 221 Å². The summed E-state index contributed by atoms with van der Waals surface area (Å²) in [5.41, 5.74) is 8.86. The van der Waals surface area contributed by atoms with Gasteiger partial charge in [-0.05, 0) is 67.8 Å². The SMILES string of the molecule is Cc1cccc(-c2[nH]cnc2-c2ccc3ncc(-c4ccc(CN5CCCC(C(=O)O)C5)cc4)cc3c2)n1. The molecule has 1 unspecified atom stereocenters. The molecule has 1 aliphatic rings. The molecule has 7 heteroatoms. The molecular weight excluding hydrogens is 474 g/mol. The highest BCUT2D eigenvalue weighted by Crippen LogP contribution is 2.31. The summed E-state index contributed by atoms with van der Waals surface area (Å²) in [5, 5.41) is 10.4. The van der Waals surface area contributed by atoms with E-state index in [1.165, 1.54) is 5.56 Å². The van der Waals surface area contributed by atoms with E-state index in [-0.39, 0.29) is 5.92 Å². The Morgan fingerprint density at radius 3 is 2.66 bits per heavy atom. The number of carboxylic acids is 1. The number of rotatable bonds is 6. The van der Waals surface area contributed by atoms with Gasteiger partial charge in [0.15, 0.2) is 0 Å². The number of piperidine rings is 1. The Morgan fingerprint density at radius 1 is 1.03 bits per heavy atom. The van der Waals surface area contributed by atoms with Crippen molar-refractivity contribution >= 4 is 16.9 Å². The minimum Gasteiger partial charge on any atom is -0.481 e. The molecule has 7 nitrogen and oxygen atoms in total. The zero-order valence-corrected chi connectivity index (χ0v) is 21.3. The Kier molecular flexibility index (Phi) is 6.43. The molecule has 4 heterocycles. The minimum atomic E-state index is -0.688. The van der Waals surface area contributed by atoms with E-state index in [9.17, 15) is 9.90 Å². The average molecular weight is 504 g/mol. The number of aryl methyl sites for hydroxylation is 1. The van der Waals surface area contributed by atoms with Gasteiger partial charge < -0.3 is 10.1 Å². The van der Waals surface area contributed by atoms with Crippen molar-refractivity contribution in [3.8, 4) is 33.8 Å². The van der Waals surface area contributed by atoms with E-state index in [0.29, 0.717) is 6.54 Å². The lowest BCUT2D eigenvalue weighted by Gasteiger charge is -2.30. The van der Waals surface area contributed by atoms with Crippen molar-refractivity contribution in [3.63, 3.8) is 0 Å². The number of carbonyl (C=O) groups is 1. The highest BCUT2D eigenvalue weighted by Gasteiger charge is 2.25. The number of aliphatic carboxylic acids is 1. The fourth-order valence-electron chi connectivity index (χ4n) is 5.29. The number of hydrogen-bond acceptors (Lipinski definition) is 5. The van der Waals surface area contributed by atoms with Crippen molar-refractivity contribution in [2.75, 3.05) is 13.1 Å². The maximum absolute atomic E-state index is 11.4. The van der Waals surface area contributed by atoms with Crippen LogP contribution >= 0.6 is 0 Å². The molecule has 6 rings (SSSR count). The highest BCUT2D eigenvalue weighted by molar-refractivity contribution is 5.89. The van der Waals surface area contributed by atoms with Crippen LogP contribution < -0.4 is 0 Å². The molecule has 190 valence electrons. The highest BCUT2D eigenvalue weighted by atomic mass is 16.4. The minimum absolute atomic E-state index is 0.262. The molecule has 5 aromatic rings. The monoisotopic (exact) mass is 503 g/mol. The second-order valence-electron chi connectivity index (χ2n) is 10.0. The number of likely N-dealkylation sites (tertiary alicyclic amines) is 1. The Bertz CT molecular complexity index is 1610. The largest absolute Gasteiger partial charge is 0.481 e. The van der Waals surface area contributed by atoms with Gasteiger partial charge in [-0.3, -0.25) is 19.7 Å². The van der Waals surface area contributed by atoms with Gasteiger partial charge in [0.25, 0.3) is 0 Å². The number of nitrogens with one attached hydrogen (secondary N) is 1. The average Bonchev–Trinajstić information content (AvgIpc) is 3.43. The Balaban J connectivity index is 1.24. The van der Waals surface area contributed by atoms with Crippen molar-refractivity contribution in [3.05, 3.63) is 90.5 Å². The molecule has 2 N–H and O–H groups in total. The maximum Gasteiger partial charge on any atom is 0.307 e. The van der Waals surface area contributed by atoms with E-state index in [2.05, 4.69) is 62.3 Å². The van der Waals surface area contributed by atoms with Gasteiger partial charge in [-0.1, -0.05) is 36.4 Å². The van der Waals surface area contributed by atoms with Gasteiger partial charge in [0.1, 0.15) is 0 Å². The second kappa shape index (κ2) is 10.2. The van der Waals surface area contributed by atoms with Crippen LogP contribution in [0.15, 0.2) is 79.3 Å². The van der Waals surface area contributed by atoms with E-state index in [1.54, 1.807) is 6.33 Å². The molecule has 1 aliphatic heterocycles. The number of imidazole rings is 1. The predicted molar refractivity (Wildman–Crippen MR) is 148 cm³/mol. The van der Waals surface area contributed by atoms with Gasteiger partial charge in [0.2, 0.25) is 0 Å². The molecular formula is C31H29N5O2. The molecule has 0 bridgehead atoms. The summed E-state index contributed by atoms with van der Waals surface area (Å²) in [7, 11) is 0. The number of hydrogen-bond donors (Lipinski definition) is 2. The summed E-state index contributed by atoms with van der Waals surface area (Å²) in [4.78, 5) is 30.9. The summed E-state index contributed by atoms with van der Waals surface area (Å²) in [6.45, 7) is 4.31. The molecule has 38 heavy (non-hydrogen) atoms. The van der Waals surface area contributed by atoms with Crippen LogP contribution in [0.25, 0.3) is 44.7 Å². The molecule has 3 aromatic heterocycles. The molecule has 2 aromatic carbocycles. The Morgan fingerprint density at radius 2 is 1.84 bits per heavy atom. The number of nitrogens with zero attached hydrogens (tertiary/aromatic N) is 4. The van der Waals surface area contributed by atoms with E-state index in [4.69, 9.17) is 4.98 Å². The molecule has 0 radical (unpaired) electrons. The van der Waals surface area contributed by atoms with Crippen LogP contribution in [-0.4, -0.2) is 49.0 Å². The summed E-state index contributed by atoms with van der Waals surface area (Å²) in [5.74, 6) is -0.949. The van der Waals surface area contributed by atoms with E-state index >= 15 is 0 Å². The number of aromatic amines is 1. The topological polar surface area (TPSA) is 95.0 Å². The number of benzene rings is 2. The zero-order chi connectivity index (χ0) is 26.1. The first kappa shape index (κ1) is 24.0. The zero-order valence-electron chi connectivity index (χ0n) is 21.3. The van der Waals surface area contributed by atoms with Crippen LogP contribution in [0, 0.1) is 12.8 Å². The van der Waals surface area contributed by atoms with Crippen LogP contribution in [0.2, 0.25) is 0 Å². The quantitative estimate of drug-likeness (QED) is 0.297. The van der Waals surface area contributed by atoms with E-state index in [1.807, 2.05) is 37.4 Å². The fourth-order valence-corrected chi connectivity index (χ4v) is 5.29. The summed E-state index contributed by atoms with van der Waals surface area (Å²) in [6, 6.07) is 22.9. The van der Waals surface area contributed by atoms with Gasteiger partial charge in [-0.25, -0.2) is 4.98 Å². The van der Waals surface area contributed by atoms with Gasteiger partial charge in [0, 0.05) is 41.5 Å². The third kappa shape index (κ3) is 4.93. The smallest absolute Gasteiger partial charge is 0.307 e. The maximum atomic E-state index is 11.4. The Hall–Kier alpha value is -4.36. The lowest BCUT2D eigenvalue weighted by molar-refractivity contribution is -0.143. The van der Waals surface area contributed by atoms with E-state index < -0.39 is 5.97 Å². The number of carboxylic acid groups (broad SMARTS) is 1. The molecule has 1 saturated heterocycles. The predicted octanol–water partition coefficient (Wildman–Crippen LogP) is 5.96. The molecule has 0 aliphatic carbocycles. The number of fused-ring (bicyclic) bond motifs is 1. The first-order valence-corrected chi connectivity index (χ1v) is 13.0. The second-order valence-corrected chi connectivity index (χ2v) is 10.0. The third-order valence-corrected chi connectivity index (χ3v) is 7.29. The first-order valence-electron chi connectivity index (χ1n) is 13.0. The molecule has 0 spiro atoms. The fraction of sp³-hybridized carbons (Fsp3) is 0.226. The number of aromatic nitrogens is 4. The normalized spacial score (nSPS) is 16.1. The molecule has 1 fully saturated rings. The van der Waals surface area contributed by atoms with Crippen LogP contribution in [0.4, 0.5) is 0 Å². The van der Waals surface area contributed by atoms with Gasteiger partial charge in [0.05, 0.1) is 34.8 Å². The van der Waals surface area contributed by atoms with Crippen LogP contribution in [-0.2, 0) is 11.3 Å². The van der Waals surface area contributed by atoms with E-state index in [0.717, 1.165) is 76.3 Å². The van der Waals surface area contributed by atoms with Crippen molar-refractivity contribution in [1.29, 1.82) is 0 Å². The van der Waals surface area contributed by atoms with Gasteiger partial charge in [-0.15, -0.1) is 0 Å². The molecule has 0 amide bonds. The van der Waals surface area contributed by atoms with Crippen LogP contribution in [0.5, 0.6) is 0 Å². The molecule has 0 saturated carbocycles. The first-order chi connectivity index (χ1) is 18.5. The summed E-state index contributed by atoms with van der Waals surface area (Å²) < 4.78 is 0. The third-order valence-electron chi connectivity index (χ3n) is 7.29. The standard InChI is InChI=1S/C31H29N5O2/c1-20-4-2-6-28(35-20)30-29(33-19-34-30)23-11-12-27-25(14-23)15-26(16-32-27)22-9-7-21(8-10-22)17-36-13-3-5-24(18-36)31(37)38/h2,4,6-12,14-16,19,24H,3,5,13,17-18H2,1H3,(H,33,34)(H,37,38). The number of H-pyrrole nitrogens is 1. The number of pyridine rings is 2. The van der Waals surface area contributed by atoms with Crippen molar-refractivity contribution in [1.82, 2.24) is 24.8 Å². The van der Waals surface area contributed by atoms with Crippen molar-refractivity contribution in [2.45, 2.75) is 26.3 Å². The van der Waals surface area contributed by atoms with Crippen LogP contribution in [0.1, 0.15) is 24.1 Å². The summed E-state index contributed by atoms with van der Waals surface area (Å²) in [6.07, 6.45) is 5.32. The summed E-state index contributed by atoms with van der Waals surface area (Å²) >= 11 is 0. The lowest BCUT2D eigenvalue weighted by atomic mass is 9.97. The van der Waals surface area contributed by atoms with Gasteiger partial charge >= 0.3 is 5.97 Å².